The molecule has 1 aromatic carbocycles. The van der Waals surface area contributed by atoms with Crippen molar-refractivity contribution < 1.29 is 4.79 Å². The molecule has 1 atom stereocenters. The summed E-state index contributed by atoms with van der Waals surface area (Å²) in [7, 11) is 0. The highest BCUT2D eigenvalue weighted by Crippen LogP contribution is 2.29. The number of carbonyl (C=O) groups is 1. The van der Waals surface area contributed by atoms with Gasteiger partial charge in [0.05, 0.1) is 10.9 Å². The van der Waals surface area contributed by atoms with Crippen molar-refractivity contribution in [2.45, 2.75) is 5.25 Å². The molecule has 0 aliphatic carbocycles. The molecule has 1 amide bonds. The van der Waals surface area contributed by atoms with Crippen molar-refractivity contribution >= 4 is 67.0 Å². The second-order valence-electron chi connectivity index (χ2n) is 3.55. The SMILES string of the molecule is O=C(Nc1ccc(Br)cc1Br)C1CSCCS1. The molecule has 6 heteroatoms. The van der Waals surface area contributed by atoms with E-state index in [1.807, 2.05) is 30.0 Å². The van der Waals surface area contributed by atoms with Crippen LogP contribution >= 0.6 is 55.4 Å². The highest BCUT2D eigenvalue weighted by molar-refractivity contribution is 9.11. The minimum atomic E-state index is 0.0734. The smallest absolute Gasteiger partial charge is 0.238 e. The summed E-state index contributed by atoms with van der Waals surface area (Å²) in [5, 5.41) is 3.04. The lowest BCUT2D eigenvalue weighted by molar-refractivity contribution is -0.115. The molecule has 1 unspecified atom stereocenters. The van der Waals surface area contributed by atoms with E-state index >= 15 is 0 Å². The van der Waals surface area contributed by atoms with Gasteiger partial charge in [-0.05, 0) is 34.1 Å². The number of anilines is 1. The molecule has 1 aliphatic rings. The van der Waals surface area contributed by atoms with Gasteiger partial charge in [-0.1, -0.05) is 15.9 Å². The largest absolute Gasteiger partial charge is 0.324 e. The Morgan fingerprint density at radius 3 is 2.82 bits per heavy atom. The predicted molar refractivity (Wildman–Crippen MR) is 84.0 cm³/mol. The summed E-state index contributed by atoms with van der Waals surface area (Å²) in [5.74, 6) is 3.22. The average Bonchev–Trinajstić information content (AvgIpc) is 2.34. The van der Waals surface area contributed by atoms with Crippen LogP contribution < -0.4 is 5.32 Å². The Hall–Kier alpha value is 0.350. The Balaban J connectivity index is 2.02. The van der Waals surface area contributed by atoms with E-state index in [9.17, 15) is 4.79 Å². The summed E-state index contributed by atoms with van der Waals surface area (Å²) in [6.07, 6.45) is 0. The van der Waals surface area contributed by atoms with Crippen LogP contribution in [0.2, 0.25) is 0 Å². The lowest BCUT2D eigenvalue weighted by Crippen LogP contribution is -2.30. The molecule has 0 spiro atoms. The third-order valence-corrected chi connectivity index (χ3v) is 6.20. The fourth-order valence-electron chi connectivity index (χ4n) is 1.44. The monoisotopic (exact) mass is 395 g/mol. The molecule has 0 bridgehead atoms. The Morgan fingerprint density at radius 1 is 1.35 bits per heavy atom. The second-order valence-corrected chi connectivity index (χ2v) is 7.78. The van der Waals surface area contributed by atoms with E-state index in [1.165, 1.54) is 0 Å². The average molecular weight is 397 g/mol. The first-order valence-electron chi connectivity index (χ1n) is 5.12. The van der Waals surface area contributed by atoms with Gasteiger partial charge in [0.15, 0.2) is 0 Å². The molecule has 1 aliphatic heterocycles. The number of amides is 1. The van der Waals surface area contributed by atoms with Gasteiger partial charge in [-0.25, -0.2) is 0 Å². The molecular formula is C11H11Br2NOS2. The first-order valence-corrected chi connectivity index (χ1v) is 8.91. The van der Waals surface area contributed by atoms with Gasteiger partial charge in [0, 0.05) is 26.2 Å². The molecule has 1 N–H and O–H groups in total. The van der Waals surface area contributed by atoms with E-state index in [-0.39, 0.29) is 11.2 Å². The van der Waals surface area contributed by atoms with Gasteiger partial charge >= 0.3 is 0 Å². The highest BCUT2D eigenvalue weighted by Gasteiger charge is 2.22. The molecule has 1 fully saturated rings. The van der Waals surface area contributed by atoms with Crippen molar-refractivity contribution in [3.8, 4) is 0 Å². The van der Waals surface area contributed by atoms with E-state index in [2.05, 4.69) is 37.2 Å². The molecule has 0 saturated carbocycles. The molecule has 0 aromatic heterocycles. The van der Waals surface area contributed by atoms with E-state index < -0.39 is 0 Å². The van der Waals surface area contributed by atoms with Gasteiger partial charge in [-0.3, -0.25) is 4.79 Å². The number of thioether (sulfide) groups is 2. The van der Waals surface area contributed by atoms with E-state index in [1.54, 1.807) is 11.8 Å². The number of hydrogen-bond acceptors (Lipinski definition) is 3. The molecule has 92 valence electrons. The summed E-state index contributed by atoms with van der Waals surface area (Å²) < 4.78 is 1.89. The van der Waals surface area contributed by atoms with Gasteiger partial charge in [0.25, 0.3) is 0 Å². The number of benzene rings is 1. The van der Waals surface area contributed by atoms with Crippen molar-refractivity contribution in [2.75, 3.05) is 22.6 Å². The van der Waals surface area contributed by atoms with E-state index in [4.69, 9.17) is 0 Å². The minimum Gasteiger partial charge on any atom is -0.324 e. The number of halogens is 2. The highest BCUT2D eigenvalue weighted by atomic mass is 79.9. The zero-order valence-corrected chi connectivity index (χ0v) is 13.7. The first kappa shape index (κ1) is 13.8. The standard InChI is InChI=1S/C11H11Br2NOS2/c12-7-1-2-9(8(13)5-7)14-11(15)10-6-16-3-4-17-10/h1-2,5,10H,3-4,6H2,(H,14,15). The Kier molecular flexibility index (Phi) is 5.26. The molecule has 1 aromatic rings. The molecule has 17 heavy (non-hydrogen) atoms. The predicted octanol–water partition coefficient (Wildman–Crippen LogP) is 4.00. The number of rotatable bonds is 2. The number of carbonyl (C=O) groups excluding carboxylic acids is 1. The van der Waals surface area contributed by atoms with Gasteiger partial charge in [-0.2, -0.15) is 11.8 Å². The normalized spacial score (nSPS) is 20.0. The molecule has 0 radical (unpaired) electrons. The third-order valence-electron chi connectivity index (χ3n) is 2.30. The molecular weight excluding hydrogens is 386 g/mol. The fraction of sp³-hybridized carbons (Fsp3) is 0.364. The minimum absolute atomic E-state index is 0.0734. The van der Waals surface area contributed by atoms with Crippen molar-refractivity contribution in [1.82, 2.24) is 0 Å². The first-order chi connectivity index (χ1) is 8.16. The number of nitrogens with one attached hydrogen (secondary N) is 1. The van der Waals surface area contributed by atoms with Crippen LogP contribution in [0, 0.1) is 0 Å². The Labute approximate surface area is 126 Å². The number of hydrogen-bond donors (Lipinski definition) is 1. The van der Waals surface area contributed by atoms with Crippen LogP contribution in [-0.4, -0.2) is 28.4 Å². The summed E-state index contributed by atoms with van der Waals surface area (Å²) >= 11 is 10.4. The molecule has 1 heterocycles. The molecule has 2 rings (SSSR count). The molecule has 1 saturated heterocycles. The van der Waals surface area contributed by atoms with E-state index in [0.29, 0.717) is 0 Å². The van der Waals surface area contributed by atoms with Gasteiger partial charge < -0.3 is 5.32 Å². The van der Waals surface area contributed by atoms with Crippen LogP contribution in [0.15, 0.2) is 27.1 Å². The topological polar surface area (TPSA) is 29.1 Å². The summed E-state index contributed by atoms with van der Waals surface area (Å²) in [6.45, 7) is 0. The lowest BCUT2D eigenvalue weighted by Gasteiger charge is -2.20. The maximum atomic E-state index is 12.0. The van der Waals surface area contributed by atoms with Crippen molar-refractivity contribution in [3.63, 3.8) is 0 Å². The van der Waals surface area contributed by atoms with Gasteiger partial charge in [-0.15, -0.1) is 11.8 Å². The van der Waals surface area contributed by atoms with Crippen LogP contribution in [-0.2, 0) is 4.79 Å². The summed E-state index contributed by atoms with van der Waals surface area (Å²) in [4.78, 5) is 12.0. The molecule has 2 nitrogen and oxygen atoms in total. The Bertz CT molecular complexity index is 422. The van der Waals surface area contributed by atoms with Gasteiger partial charge in [0.1, 0.15) is 0 Å². The van der Waals surface area contributed by atoms with Crippen LogP contribution in [0.1, 0.15) is 0 Å². The van der Waals surface area contributed by atoms with Crippen LogP contribution in [0.4, 0.5) is 5.69 Å². The van der Waals surface area contributed by atoms with Crippen LogP contribution in [0.3, 0.4) is 0 Å². The van der Waals surface area contributed by atoms with E-state index in [0.717, 1.165) is 31.9 Å². The maximum Gasteiger partial charge on any atom is 0.238 e. The third kappa shape index (κ3) is 3.91. The quantitative estimate of drug-likeness (QED) is 0.818. The van der Waals surface area contributed by atoms with Crippen LogP contribution in [0.25, 0.3) is 0 Å². The van der Waals surface area contributed by atoms with Crippen LogP contribution in [0.5, 0.6) is 0 Å². The Morgan fingerprint density at radius 2 is 2.18 bits per heavy atom. The van der Waals surface area contributed by atoms with Crippen molar-refractivity contribution in [3.05, 3.63) is 27.1 Å². The fourth-order valence-corrected chi connectivity index (χ4v) is 5.15. The van der Waals surface area contributed by atoms with Gasteiger partial charge in [0.2, 0.25) is 5.91 Å². The summed E-state index contributed by atoms with van der Waals surface area (Å²) in [6, 6.07) is 5.74. The van der Waals surface area contributed by atoms with Crippen molar-refractivity contribution in [1.29, 1.82) is 0 Å². The lowest BCUT2D eigenvalue weighted by atomic mass is 10.3. The zero-order valence-electron chi connectivity index (χ0n) is 8.91. The summed E-state index contributed by atoms with van der Waals surface area (Å²) in [5.41, 5.74) is 0.828. The zero-order chi connectivity index (χ0) is 12.3. The maximum absolute atomic E-state index is 12.0. The second kappa shape index (κ2) is 6.50. The van der Waals surface area contributed by atoms with Crippen molar-refractivity contribution in [2.24, 2.45) is 0 Å².